The fourth-order valence-electron chi connectivity index (χ4n) is 4.35. The molecular formula is C29H37N3O4. The van der Waals surface area contributed by atoms with Crippen molar-refractivity contribution < 1.29 is 19.4 Å². The highest BCUT2D eigenvalue weighted by Gasteiger charge is 2.29. The van der Waals surface area contributed by atoms with E-state index in [9.17, 15) is 9.90 Å². The van der Waals surface area contributed by atoms with Gasteiger partial charge in [-0.2, -0.15) is 5.10 Å². The normalized spacial score (nSPS) is 14.1. The summed E-state index contributed by atoms with van der Waals surface area (Å²) in [5.74, 6) is 1.80. The second-order valence-electron chi connectivity index (χ2n) is 9.76. The molecule has 1 aliphatic rings. The molecule has 1 N–H and O–H groups in total. The molecule has 0 saturated heterocycles. The molecule has 4 rings (SSSR count). The number of aryl methyl sites for hydroxylation is 2. The second-order valence-corrected chi connectivity index (χ2v) is 9.76. The second kappa shape index (κ2) is 12.2. The van der Waals surface area contributed by atoms with Crippen molar-refractivity contribution in [1.82, 2.24) is 14.7 Å². The van der Waals surface area contributed by atoms with Gasteiger partial charge in [0.15, 0.2) is 0 Å². The number of nitrogens with zero attached hydrogens (tertiary/aromatic N) is 3. The first kappa shape index (κ1) is 25.9. The van der Waals surface area contributed by atoms with E-state index < -0.39 is 6.10 Å². The Kier molecular flexibility index (Phi) is 8.78. The molecule has 0 bridgehead atoms. The van der Waals surface area contributed by atoms with Crippen molar-refractivity contribution in [2.45, 2.75) is 52.2 Å². The van der Waals surface area contributed by atoms with Gasteiger partial charge in [0.1, 0.15) is 24.2 Å². The standard InChI is InChI=1S/C29H37N3O4/c1-4-9-27(34)35-20-24(33)18-32(17-22-14-15-22)19-26-28(23-11-6-5-7-12-23)30-31(3)29(26)36-25-13-8-10-21(2)16-25/h5-8,10-13,16,22,24,33H,4,9,14-15,17-20H2,1-3H3. The molecule has 1 heterocycles. The number of aliphatic hydroxyl groups is 1. The van der Waals surface area contributed by atoms with Gasteiger partial charge in [-0.25, -0.2) is 4.68 Å². The van der Waals surface area contributed by atoms with Gasteiger partial charge in [-0.05, 0) is 49.8 Å². The molecule has 3 aromatic rings. The Balaban J connectivity index is 1.60. The van der Waals surface area contributed by atoms with Crippen molar-refractivity contribution in [3.63, 3.8) is 0 Å². The highest BCUT2D eigenvalue weighted by molar-refractivity contribution is 5.69. The number of hydrogen-bond donors (Lipinski definition) is 1. The quantitative estimate of drug-likeness (QED) is 0.335. The maximum atomic E-state index is 11.8. The molecular weight excluding hydrogens is 454 g/mol. The maximum Gasteiger partial charge on any atom is 0.305 e. The van der Waals surface area contributed by atoms with Crippen molar-refractivity contribution in [1.29, 1.82) is 0 Å². The Hall–Kier alpha value is -3.16. The molecule has 7 nitrogen and oxygen atoms in total. The molecule has 0 aliphatic heterocycles. The van der Waals surface area contributed by atoms with Crippen LogP contribution in [0.25, 0.3) is 11.3 Å². The van der Waals surface area contributed by atoms with Gasteiger partial charge in [0, 0.05) is 38.7 Å². The van der Waals surface area contributed by atoms with Crippen LogP contribution in [0.1, 0.15) is 43.7 Å². The van der Waals surface area contributed by atoms with E-state index in [2.05, 4.69) is 17.0 Å². The van der Waals surface area contributed by atoms with Crippen LogP contribution in [0.2, 0.25) is 0 Å². The summed E-state index contributed by atoms with van der Waals surface area (Å²) in [5.41, 5.74) is 3.98. The molecule has 36 heavy (non-hydrogen) atoms. The summed E-state index contributed by atoms with van der Waals surface area (Å²) in [5, 5.41) is 15.5. The lowest BCUT2D eigenvalue weighted by Gasteiger charge is -2.25. The number of carbonyl (C=O) groups is 1. The number of carbonyl (C=O) groups excluding carboxylic acids is 1. The zero-order chi connectivity index (χ0) is 25.5. The van der Waals surface area contributed by atoms with E-state index in [1.54, 1.807) is 4.68 Å². The minimum atomic E-state index is -0.762. The van der Waals surface area contributed by atoms with Crippen LogP contribution in [0.4, 0.5) is 0 Å². The number of benzene rings is 2. The van der Waals surface area contributed by atoms with Gasteiger partial charge in [-0.1, -0.05) is 49.4 Å². The van der Waals surface area contributed by atoms with Crippen LogP contribution >= 0.6 is 0 Å². The minimum absolute atomic E-state index is 0.00519. The molecule has 0 spiro atoms. The van der Waals surface area contributed by atoms with Crippen molar-refractivity contribution in [2.24, 2.45) is 13.0 Å². The summed E-state index contributed by atoms with van der Waals surface area (Å²) >= 11 is 0. The van der Waals surface area contributed by atoms with E-state index in [4.69, 9.17) is 14.6 Å². The molecule has 1 aliphatic carbocycles. The zero-order valence-electron chi connectivity index (χ0n) is 21.5. The molecule has 1 fully saturated rings. The highest BCUT2D eigenvalue weighted by atomic mass is 16.5. The molecule has 1 unspecified atom stereocenters. The van der Waals surface area contributed by atoms with Crippen LogP contribution in [0.3, 0.4) is 0 Å². The first-order valence-corrected chi connectivity index (χ1v) is 12.8. The predicted molar refractivity (Wildman–Crippen MR) is 140 cm³/mol. The molecule has 1 atom stereocenters. The average Bonchev–Trinajstić information content (AvgIpc) is 3.63. The van der Waals surface area contributed by atoms with E-state index in [-0.39, 0.29) is 12.6 Å². The fourth-order valence-corrected chi connectivity index (χ4v) is 4.35. The third-order valence-electron chi connectivity index (χ3n) is 6.29. The minimum Gasteiger partial charge on any atom is -0.463 e. The number of rotatable bonds is 13. The maximum absolute atomic E-state index is 11.8. The number of esters is 1. The van der Waals surface area contributed by atoms with Crippen LogP contribution in [-0.4, -0.2) is 51.6 Å². The molecule has 192 valence electrons. The molecule has 0 radical (unpaired) electrons. The fraction of sp³-hybridized carbons (Fsp3) is 0.448. The molecule has 7 heteroatoms. The van der Waals surface area contributed by atoms with Gasteiger partial charge in [0.25, 0.3) is 0 Å². The Morgan fingerprint density at radius 3 is 2.67 bits per heavy atom. The van der Waals surface area contributed by atoms with Crippen molar-refractivity contribution >= 4 is 5.97 Å². The lowest BCUT2D eigenvalue weighted by atomic mass is 10.1. The van der Waals surface area contributed by atoms with Gasteiger partial charge >= 0.3 is 5.97 Å². The van der Waals surface area contributed by atoms with Crippen LogP contribution in [0.15, 0.2) is 54.6 Å². The van der Waals surface area contributed by atoms with Crippen LogP contribution in [-0.2, 0) is 23.1 Å². The van der Waals surface area contributed by atoms with Crippen LogP contribution in [0, 0.1) is 12.8 Å². The van der Waals surface area contributed by atoms with Crippen molar-refractivity contribution in [3.8, 4) is 22.9 Å². The van der Waals surface area contributed by atoms with Gasteiger partial charge in [0.2, 0.25) is 5.88 Å². The van der Waals surface area contributed by atoms with Gasteiger partial charge < -0.3 is 14.6 Å². The van der Waals surface area contributed by atoms with Crippen LogP contribution < -0.4 is 4.74 Å². The Morgan fingerprint density at radius 1 is 1.19 bits per heavy atom. The van der Waals surface area contributed by atoms with Gasteiger partial charge in [-0.15, -0.1) is 0 Å². The topological polar surface area (TPSA) is 76.8 Å². The first-order valence-electron chi connectivity index (χ1n) is 12.8. The van der Waals surface area contributed by atoms with Crippen molar-refractivity contribution in [3.05, 3.63) is 65.7 Å². The summed E-state index contributed by atoms with van der Waals surface area (Å²) in [6, 6.07) is 18.1. The van der Waals surface area contributed by atoms with E-state index >= 15 is 0 Å². The lowest BCUT2D eigenvalue weighted by molar-refractivity contribution is -0.147. The number of aliphatic hydroxyl groups excluding tert-OH is 1. The predicted octanol–water partition coefficient (Wildman–Crippen LogP) is 5.10. The zero-order valence-corrected chi connectivity index (χ0v) is 21.5. The first-order chi connectivity index (χ1) is 17.4. The Bertz CT molecular complexity index is 1140. The third-order valence-corrected chi connectivity index (χ3v) is 6.29. The summed E-state index contributed by atoms with van der Waals surface area (Å²) in [6.45, 7) is 5.82. The average molecular weight is 492 g/mol. The number of ether oxygens (including phenoxy) is 2. The van der Waals surface area contributed by atoms with E-state index in [0.29, 0.717) is 31.3 Å². The lowest BCUT2D eigenvalue weighted by Crippen LogP contribution is -2.36. The monoisotopic (exact) mass is 491 g/mol. The summed E-state index contributed by atoms with van der Waals surface area (Å²) in [7, 11) is 1.90. The molecule has 1 aromatic heterocycles. The van der Waals surface area contributed by atoms with Crippen molar-refractivity contribution in [2.75, 3.05) is 19.7 Å². The van der Waals surface area contributed by atoms with E-state index in [1.807, 2.05) is 63.4 Å². The van der Waals surface area contributed by atoms with E-state index in [1.165, 1.54) is 12.8 Å². The molecule has 1 saturated carbocycles. The highest BCUT2D eigenvalue weighted by Crippen LogP contribution is 2.36. The Morgan fingerprint density at radius 2 is 1.97 bits per heavy atom. The molecule has 0 amide bonds. The van der Waals surface area contributed by atoms with Crippen LogP contribution in [0.5, 0.6) is 11.6 Å². The summed E-state index contributed by atoms with van der Waals surface area (Å²) in [4.78, 5) is 14.0. The summed E-state index contributed by atoms with van der Waals surface area (Å²) in [6.07, 6.45) is 2.74. The number of hydrogen-bond acceptors (Lipinski definition) is 6. The smallest absolute Gasteiger partial charge is 0.305 e. The van der Waals surface area contributed by atoms with Gasteiger partial charge in [-0.3, -0.25) is 9.69 Å². The van der Waals surface area contributed by atoms with Gasteiger partial charge in [0.05, 0.1) is 5.56 Å². The Labute approximate surface area is 213 Å². The molecule has 2 aromatic carbocycles. The number of aromatic nitrogens is 2. The van der Waals surface area contributed by atoms with E-state index in [0.717, 1.165) is 41.1 Å². The summed E-state index contributed by atoms with van der Waals surface area (Å²) < 4.78 is 13.5. The largest absolute Gasteiger partial charge is 0.463 e. The third kappa shape index (κ3) is 7.18. The SMILES string of the molecule is CCCC(=O)OCC(O)CN(Cc1c(-c2ccccc2)nn(C)c1Oc1cccc(C)c1)CC1CC1.